The highest BCUT2D eigenvalue weighted by atomic mass is 16.3. The third kappa shape index (κ3) is 1.32. The van der Waals surface area contributed by atoms with Crippen molar-refractivity contribution in [2.45, 2.75) is 6.54 Å². The molecule has 0 atom stereocenters. The van der Waals surface area contributed by atoms with Gasteiger partial charge in [0.15, 0.2) is 5.88 Å². The zero-order valence-corrected chi connectivity index (χ0v) is 9.34. The molecule has 5 N–H and O–H groups in total. The van der Waals surface area contributed by atoms with E-state index in [1.165, 1.54) is 11.0 Å². The van der Waals surface area contributed by atoms with Crippen molar-refractivity contribution in [3.8, 4) is 11.8 Å². The van der Waals surface area contributed by atoms with Crippen molar-refractivity contribution in [1.82, 2.24) is 4.98 Å². The minimum atomic E-state index is -0.244. The standard InChI is InChI=1S/C12H11N3O3/c13-8-3-1-2-6-7(8)5-15(12(6)18)9-4-10(16)14-11(9)17/h1-4,14,16-17H,5,13H2. The number of nitrogens with one attached hydrogen (secondary N) is 1. The molecule has 6 heteroatoms. The number of amides is 1. The van der Waals surface area contributed by atoms with Crippen molar-refractivity contribution in [2.75, 3.05) is 10.6 Å². The first kappa shape index (κ1) is 10.5. The van der Waals surface area contributed by atoms with Crippen molar-refractivity contribution in [3.05, 3.63) is 35.4 Å². The summed E-state index contributed by atoms with van der Waals surface area (Å²) in [6, 6.07) is 6.43. The summed E-state index contributed by atoms with van der Waals surface area (Å²) in [5.41, 5.74) is 7.87. The van der Waals surface area contributed by atoms with Crippen LogP contribution >= 0.6 is 0 Å². The van der Waals surface area contributed by atoms with Gasteiger partial charge in [0.1, 0.15) is 5.69 Å². The molecule has 0 saturated heterocycles. The van der Waals surface area contributed by atoms with Crippen molar-refractivity contribution < 1.29 is 15.0 Å². The van der Waals surface area contributed by atoms with Crippen LogP contribution in [0.4, 0.5) is 11.4 Å². The van der Waals surface area contributed by atoms with Crippen LogP contribution in [-0.4, -0.2) is 21.1 Å². The quantitative estimate of drug-likeness (QED) is 0.566. The minimum absolute atomic E-state index is 0.195. The summed E-state index contributed by atoms with van der Waals surface area (Å²) in [5.74, 6) is -0.682. The van der Waals surface area contributed by atoms with Crippen LogP contribution < -0.4 is 10.6 Å². The highest BCUT2D eigenvalue weighted by Crippen LogP contribution is 2.37. The van der Waals surface area contributed by atoms with Crippen LogP contribution in [0.1, 0.15) is 15.9 Å². The molecule has 0 aliphatic carbocycles. The molecule has 1 aliphatic rings. The normalized spacial score (nSPS) is 14.0. The van der Waals surface area contributed by atoms with Gasteiger partial charge in [-0.15, -0.1) is 0 Å². The second-order valence-electron chi connectivity index (χ2n) is 4.15. The van der Waals surface area contributed by atoms with Crippen LogP contribution in [0.15, 0.2) is 24.3 Å². The molecule has 3 rings (SSSR count). The van der Waals surface area contributed by atoms with E-state index in [1.807, 2.05) is 0 Å². The molecule has 0 spiro atoms. The SMILES string of the molecule is Nc1cccc2c1CN(c1cc(O)[nH]c1O)C2=O. The summed E-state index contributed by atoms with van der Waals surface area (Å²) >= 11 is 0. The van der Waals surface area contributed by atoms with E-state index in [9.17, 15) is 15.0 Å². The van der Waals surface area contributed by atoms with Crippen LogP contribution in [-0.2, 0) is 6.54 Å². The number of fused-ring (bicyclic) bond motifs is 1. The molecule has 2 aromatic rings. The zero-order valence-electron chi connectivity index (χ0n) is 9.34. The number of carbonyl (C=O) groups is 1. The molecule has 0 unspecified atom stereocenters. The molecule has 0 radical (unpaired) electrons. The maximum absolute atomic E-state index is 12.2. The molecule has 92 valence electrons. The second-order valence-corrected chi connectivity index (χ2v) is 4.15. The first-order chi connectivity index (χ1) is 8.58. The van der Waals surface area contributed by atoms with Crippen molar-refractivity contribution in [1.29, 1.82) is 0 Å². The Morgan fingerprint density at radius 2 is 2.11 bits per heavy atom. The average molecular weight is 245 g/mol. The number of rotatable bonds is 1. The molecule has 2 heterocycles. The van der Waals surface area contributed by atoms with Crippen molar-refractivity contribution in [3.63, 3.8) is 0 Å². The van der Waals surface area contributed by atoms with E-state index in [2.05, 4.69) is 4.98 Å². The lowest BCUT2D eigenvalue weighted by Gasteiger charge is -2.13. The van der Waals surface area contributed by atoms with Crippen LogP contribution in [0.25, 0.3) is 0 Å². The lowest BCUT2D eigenvalue weighted by molar-refractivity contribution is 0.0996. The van der Waals surface area contributed by atoms with Crippen LogP contribution in [0.2, 0.25) is 0 Å². The molecule has 0 bridgehead atoms. The monoisotopic (exact) mass is 245 g/mol. The Balaban J connectivity index is 2.07. The number of nitrogens with two attached hydrogens (primary N) is 1. The van der Waals surface area contributed by atoms with E-state index < -0.39 is 0 Å². The average Bonchev–Trinajstić information content (AvgIpc) is 2.81. The van der Waals surface area contributed by atoms with Gasteiger partial charge in [-0.05, 0) is 12.1 Å². The van der Waals surface area contributed by atoms with Gasteiger partial charge >= 0.3 is 0 Å². The summed E-state index contributed by atoms with van der Waals surface area (Å²) in [6.45, 7) is 0.283. The van der Waals surface area contributed by atoms with Gasteiger partial charge in [0.05, 0.1) is 6.54 Å². The molecule has 18 heavy (non-hydrogen) atoms. The molecular weight excluding hydrogens is 234 g/mol. The topological polar surface area (TPSA) is 103 Å². The molecule has 1 aliphatic heterocycles. The second kappa shape index (κ2) is 3.43. The van der Waals surface area contributed by atoms with E-state index in [1.54, 1.807) is 18.2 Å². The molecule has 1 amide bonds. The summed E-state index contributed by atoms with van der Waals surface area (Å²) in [4.78, 5) is 15.9. The number of nitrogen functional groups attached to an aromatic ring is 1. The van der Waals surface area contributed by atoms with Crippen molar-refractivity contribution in [2.24, 2.45) is 0 Å². The fourth-order valence-electron chi connectivity index (χ4n) is 2.18. The number of nitrogens with zero attached hydrogens (tertiary/aromatic N) is 1. The predicted octanol–water partition coefficient (Wildman–Crippen LogP) is 1.17. The Morgan fingerprint density at radius 1 is 1.33 bits per heavy atom. The van der Waals surface area contributed by atoms with Gasteiger partial charge in [0, 0.05) is 22.9 Å². The number of carbonyl (C=O) groups excluding carboxylic acids is 1. The molecule has 1 aromatic heterocycles. The maximum Gasteiger partial charge on any atom is 0.259 e. The van der Waals surface area contributed by atoms with Gasteiger partial charge in [0.25, 0.3) is 5.91 Å². The van der Waals surface area contributed by atoms with Crippen LogP contribution in [0.3, 0.4) is 0 Å². The Hall–Kier alpha value is -2.63. The number of anilines is 2. The largest absolute Gasteiger partial charge is 0.494 e. The zero-order chi connectivity index (χ0) is 12.9. The van der Waals surface area contributed by atoms with E-state index in [-0.39, 0.29) is 29.9 Å². The molecule has 0 saturated carbocycles. The van der Waals surface area contributed by atoms with Gasteiger partial charge in [0.2, 0.25) is 5.88 Å². The van der Waals surface area contributed by atoms with E-state index in [0.717, 1.165) is 5.56 Å². The van der Waals surface area contributed by atoms with Crippen molar-refractivity contribution >= 4 is 17.3 Å². The van der Waals surface area contributed by atoms with Gasteiger partial charge < -0.3 is 15.9 Å². The number of aromatic nitrogens is 1. The highest BCUT2D eigenvalue weighted by molar-refractivity contribution is 6.11. The molecular formula is C12H11N3O3. The van der Waals surface area contributed by atoms with E-state index >= 15 is 0 Å². The highest BCUT2D eigenvalue weighted by Gasteiger charge is 2.32. The lowest BCUT2D eigenvalue weighted by Crippen LogP contribution is -2.22. The summed E-state index contributed by atoms with van der Waals surface area (Å²) in [5, 5.41) is 18.9. The van der Waals surface area contributed by atoms with Gasteiger partial charge in [-0.1, -0.05) is 6.07 Å². The number of aromatic hydroxyl groups is 2. The van der Waals surface area contributed by atoms with E-state index in [4.69, 9.17) is 5.73 Å². The first-order valence-electron chi connectivity index (χ1n) is 5.38. The number of aromatic amines is 1. The van der Waals surface area contributed by atoms with Gasteiger partial charge in [-0.25, -0.2) is 0 Å². The van der Waals surface area contributed by atoms with E-state index in [0.29, 0.717) is 11.3 Å². The maximum atomic E-state index is 12.2. The Bertz CT molecular complexity index is 648. The number of hydrogen-bond acceptors (Lipinski definition) is 4. The Labute approximate surface area is 102 Å². The Morgan fingerprint density at radius 3 is 2.72 bits per heavy atom. The number of H-pyrrole nitrogens is 1. The summed E-state index contributed by atoms with van der Waals surface area (Å²) in [6.07, 6.45) is 0. The minimum Gasteiger partial charge on any atom is -0.494 e. The van der Waals surface area contributed by atoms with Gasteiger partial charge in [-0.2, -0.15) is 0 Å². The third-order valence-electron chi connectivity index (χ3n) is 3.06. The van der Waals surface area contributed by atoms with Crippen LogP contribution in [0, 0.1) is 0 Å². The smallest absolute Gasteiger partial charge is 0.259 e. The molecule has 6 nitrogen and oxygen atoms in total. The third-order valence-corrected chi connectivity index (χ3v) is 3.06. The molecule has 0 fully saturated rings. The number of hydrogen-bond donors (Lipinski definition) is 4. The predicted molar refractivity (Wildman–Crippen MR) is 65.5 cm³/mol. The first-order valence-corrected chi connectivity index (χ1v) is 5.38. The van der Waals surface area contributed by atoms with Gasteiger partial charge in [-0.3, -0.25) is 14.7 Å². The summed E-state index contributed by atoms with van der Waals surface area (Å²) < 4.78 is 0. The molecule has 1 aromatic carbocycles. The fraction of sp³-hybridized carbons (Fsp3) is 0.0833. The van der Waals surface area contributed by atoms with Crippen LogP contribution in [0.5, 0.6) is 11.8 Å². The summed E-state index contributed by atoms with van der Waals surface area (Å²) in [7, 11) is 0. The number of benzene rings is 1. The Kier molecular flexibility index (Phi) is 2.00. The lowest BCUT2D eigenvalue weighted by atomic mass is 10.1. The fourth-order valence-corrected chi connectivity index (χ4v) is 2.18.